The standard InChI is InChI=1S/C36H27N5/c1-35(2)26-13-8-14-27-32(26)41(33-28(35)15-17-30(39-33)23-10-6-9-22(19-23)21-37)34-29(36(27,3)4)16-18-31(40-34)24-11-7-12-25(20-24)38-5/h6-20H,1-4H3. The molecule has 5 aromatic rings. The van der Waals surface area contributed by atoms with E-state index in [-0.39, 0.29) is 10.8 Å². The molecule has 5 nitrogen and oxygen atoms in total. The van der Waals surface area contributed by atoms with Gasteiger partial charge in [0.25, 0.3) is 0 Å². The fraction of sp³-hybridized carbons (Fsp3) is 0.167. The van der Waals surface area contributed by atoms with Gasteiger partial charge in [0.2, 0.25) is 0 Å². The van der Waals surface area contributed by atoms with Crippen LogP contribution in [0.5, 0.6) is 0 Å². The molecular weight excluding hydrogens is 502 g/mol. The van der Waals surface area contributed by atoms with Gasteiger partial charge in [-0.25, -0.2) is 14.8 Å². The molecular formula is C36H27N5. The van der Waals surface area contributed by atoms with Gasteiger partial charge in [0, 0.05) is 27.5 Å². The van der Waals surface area contributed by atoms with Crippen LogP contribution < -0.4 is 4.90 Å². The number of hydrogen-bond donors (Lipinski definition) is 0. The van der Waals surface area contributed by atoms with E-state index in [1.807, 2.05) is 48.5 Å². The summed E-state index contributed by atoms with van der Waals surface area (Å²) in [5.74, 6) is 1.71. The number of anilines is 3. The quantitative estimate of drug-likeness (QED) is 0.214. The van der Waals surface area contributed by atoms with E-state index in [4.69, 9.17) is 16.5 Å². The minimum absolute atomic E-state index is 0.284. The van der Waals surface area contributed by atoms with Crippen molar-refractivity contribution < 1.29 is 0 Å². The molecule has 0 radical (unpaired) electrons. The highest BCUT2D eigenvalue weighted by atomic mass is 15.3. The Morgan fingerprint density at radius 2 is 1.22 bits per heavy atom. The predicted molar refractivity (Wildman–Crippen MR) is 163 cm³/mol. The molecule has 2 aromatic heterocycles. The first-order valence-electron chi connectivity index (χ1n) is 13.7. The van der Waals surface area contributed by atoms with Crippen LogP contribution in [0.3, 0.4) is 0 Å². The molecule has 2 aliphatic rings. The van der Waals surface area contributed by atoms with E-state index in [2.05, 4.69) is 86.0 Å². The Morgan fingerprint density at radius 3 is 1.78 bits per heavy atom. The molecule has 0 saturated heterocycles. The summed E-state index contributed by atoms with van der Waals surface area (Å²) in [6.45, 7) is 16.5. The van der Waals surface area contributed by atoms with E-state index in [1.54, 1.807) is 0 Å². The van der Waals surface area contributed by atoms with Crippen molar-refractivity contribution >= 4 is 23.0 Å². The molecule has 0 saturated carbocycles. The molecule has 4 heterocycles. The Balaban J connectivity index is 1.52. The summed E-state index contributed by atoms with van der Waals surface area (Å²) >= 11 is 0. The highest BCUT2D eigenvalue weighted by molar-refractivity contribution is 5.91. The second-order valence-corrected chi connectivity index (χ2v) is 11.8. The predicted octanol–water partition coefficient (Wildman–Crippen LogP) is 8.98. The lowest BCUT2D eigenvalue weighted by Crippen LogP contribution is -2.39. The van der Waals surface area contributed by atoms with Crippen molar-refractivity contribution in [2.75, 3.05) is 4.90 Å². The molecule has 0 unspecified atom stereocenters. The molecule has 0 bridgehead atoms. The van der Waals surface area contributed by atoms with Crippen molar-refractivity contribution in [2.24, 2.45) is 0 Å². The molecule has 0 atom stereocenters. The summed E-state index contributed by atoms with van der Waals surface area (Å²) in [7, 11) is 0. The van der Waals surface area contributed by atoms with Crippen LogP contribution in [0.15, 0.2) is 91.0 Å². The van der Waals surface area contributed by atoms with Crippen molar-refractivity contribution in [1.29, 1.82) is 5.26 Å². The Bertz CT molecular complexity index is 1850. The Morgan fingerprint density at radius 1 is 0.683 bits per heavy atom. The molecule has 7 rings (SSSR count). The van der Waals surface area contributed by atoms with E-state index in [1.165, 1.54) is 11.1 Å². The molecule has 0 amide bonds. The van der Waals surface area contributed by atoms with Crippen LogP contribution in [0, 0.1) is 17.9 Å². The molecule has 0 aliphatic carbocycles. The number of pyridine rings is 2. The first-order chi connectivity index (χ1) is 19.7. The second-order valence-electron chi connectivity index (χ2n) is 11.8. The van der Waals surface area contributed by atoms with Gasteiger partial charge in [-0.15, -0.1) is 0 Å². The monoisotopic (exact) mass is 529 g/mol. The SMILES string of the molecule is [C-]#[N+]c1cccc(-c2ccc3c(n2)N2c4nc(-c5cccc(C#N)c5)ccc4C(C)(C)c4cccc(c42)C3(C)C)c1. The van der Waals surface area contributed by atoms with E-state index < -0.39 is 0 Å². The average Bonchev–Trinajstić information content (AvgIpc) is 3.00. The van der Waals surface area contributed by atoms with Crippen molar-refractivity contribution in [3.63, 3.8) is 0 Å². The van der Waals surface area contributed by atoms with Gasteiger partial charge in [0.1, 0.15) is 11.6 Å². The van der Waals surface area contributed by atoms with Gasteiger partial charge in [-0.1, -0.05) is 88.4 Å². The fourth-order valence-electron chi connectivity index (χ4n) is 6.41. The molecule has 3 aromatic carbocycles. The minimum Gasteiger partial charge on any atom is -0.278 e. The number of hydrogen-bond acceptors (Lipinski definition) is 4. The molecule has 0 fully saturated rings. The largest absolute Gasteiger partial charge is 0.278 e. The molecule has 5 heteroatoms. The van der Waals surface area contributed by atoms with Crippen molar-refractivity contribution in [2.45, 2.75) is 38.5 Å². The third-order valence-electron chi connectivity index (χ3n) is 8.69. The van der Waals surface area contributed by atoms with Crippen LogP contribution in [0.4, 0.5) is 23.0 Å². The Hall–Kier alpha value is -5.26. The van der Waals surface area contributed by atoms with E-state index >= 15 is 0 Å². The number of rotatable bonds is 2. The van der Waals surface area contributed by atoms with Crippen LogP contribution in [0.25, 0.3) is 27.4 Å². The van der Waals surface area contributed by atoms with Gasteiger partial charge >= 0.3 is 0 Å². The van der Waals surface area contributed by atoms with E-state index in [0.29, 0.717) is 11.3 Å². The number of fused-ring (bicyclic) bond motifs is 4. The minimum atomic E-state index is -0.285. The summed E-state index contributed by atoms with van der Waals surface area (Å²) in [5, 5.41) is 9.51. The highest BCUT2D eigenvalue weighted by Gasteiger charge is 2.46. The highest BCUT2D eigenvalue weighted by Crippen LogP contribution is 2.59. The zero-order chi connectivity index (χ0) is 28.5. The smallest absolute Gasteiger partial charge is 0.187 e. The number of nitriles is 1. The molecule has 2 aliphatic heterocycles. The number of para-hydroxylation sites is 1. The number of aromatic nitrogens is 2. The van der Waals surface area contributed by atoms with Gasteiger partial charge in [0.15, 0.2) is 5.69 Å². The maximum atomic E-state index is 9.51. The van der Waals surface area contributed by atoms with Gasteiger partial charge in [-0.05, 0) is 47.0 Å². The molecule has 0 N–H and O–H groups in total. The Labute approximate surface area is 240 Å². The van der Waals surface area contributed by atoms with Crippen molar-refractivity contribution in [1.82, 2.24) is 9.97 Å². The van der Waals surface area contributed by atoms with Crippen LogP contribution in [0.1, 0.15) is 55.5 Å². The number of benzene rings is 3. The third-order valence-corrected chi connectivity index (χ3v) is 8.69. The first-order valence-corrected chi connectivity index (χ1v) is 13.7. The Kier molecular flexibility index (Phi) is 5.20. The number of nitrogens with zero attached hydrogens (tertiary/aromatic N) is 5. The maximum absolute atomic E-state index is 9.51. The van der Waals surface area contributed by atoms with E-state index in [0.717, 1.165) is 51.0 Å². The molecule has 41 heavy (non-hydrogen) atoms. The summed E-state index contributed by atoms with van der Waals surface area (Å²) in [5.41, 5.74) is 9.92. The van der Waals surface area contributed by atoms with Crippen molar-refractivity contribution in [3.8, 4) is 28.6 Å². The zero-order valence-electron chi connectivity index (χ0n) is 23.4. The topological polar surface area (TPSA) is 57.2 Å². The first kappa shape index (κ1) is 24.8. The lowest BCUT2D eigenvalue weighted by Gasteiger charge is -2.48. The fourth-order valence-corrected chi connectivity index (χ4v) is 6.41. The second kappa shape index (κ2) is 8.62. The normalized spacial score (nSPS) is 15.1. The maximum Gasteiger partial charge on any atom is 0.187 e. The summed E-state index contributed by atoms with van der Waals surface area (Å²) in [4.78, 5) is 16.5. The van der Waals surface area contributed by atoms with Crippen LogP contribution >= 0.6 is 0 Å². The third kappa shape index (κ3) is 3.53. The van der Waals surface area contributed by atoms with Gasteiger partial charge in [-0.3, -0.25) is 4.90 Å². The molecule has 0 spiro atoms. The summed E-state index contributed by atoms with van der Waals surface area (Å²) in [6, 6.07) is 32.5. The van der Waals surface area contributed by atoms with Crippen molar-refractivity contribution in [3.05, 3.63) is 130 Å². The zero-order valence-corrected chi connectivity index (χ0v) is 23.4. The van der Waals surface area contributed by atoms with E-state index in [9.17, 15) is 5.26 Å². The average molecular weight is 530 g/mol. The lowest BCUT2D eigenvalue weighted by atomic mass is 9.67. The molecule has 196 valence electrons. The lowest BCUT2D eigenvalue weighted by molar-refractivity contribution is 0.591. The van der Waals surface area contributed by atoms with Gasteiger partial charge in [-0.2, -0.15) is 5.26 Å². The summed E-state index contributed by atoms with van der Waals surface area (Å²) < 4.78 is 0. The van der Waals surface area contributed by atoms with Crippen LogP contribution in [0.2, 0.25) is 0 Å². The van der Waals surface area contributed by atoms with Crippen LogP contribution in [-0.2, 0) is 10.8 Å². The summed E-state index contributed by atoms with van der Waals surface area (Å²) in [6.07, 6.45) is 0. The van der Waals surface area contributed by atoms with Crippen LogP contribution in [-0.4, -0.2) is 9.97 Å². The van der Waals surface area contributed by atoms with Gasteiger partial charge < -0.3 is 0 Å². The van der Waals surface area contributed by atoms with Gasteiger partial charge in [0.05, 0.1) is 35.3 Å².